The van der Waals surface area contributed by atoms with E-state index >= 15 is 0 Å². The lowest BCUT2D eigenvalue weighted by Gasteiger charge is -2.30. The van der Waals surface area contributed by atoms with Crippen LogP contribution in [-0.4, -0.2) is 79.8 Å². The molecule has 2 aliphatic heterocycles. The van der Waals surface area contributed by atoms with Gasteiger partial charge in [-0.3, -0.25) is 19.0 Å². The van der Waals surface area contributed by atoms with E-state index in [9.17, 15) is 14.4 Å². The zero-order valence-electron chi connectivity index (χ0n) is 27.8. The number of ether oxygens (including phenoxy) is 4. The lowest BCUT2D eigenvalue weighted by Crippen LogP contribution is -2.43. The average molecular weight is 663 g/mol. The van der Waals surface area contributed by atoms with Gasteiger partial charge in [-0.1, -0.05) is 17.4 Å². The quantitative estimate of drug-likeness (QED) is 0.292. The molecule has 250 valence electrons. The van der Waals surface area contributed by atoms with Gasteiger partial charge in [0.1, 0.15) is 17.5 Å². The summed E-state index contributed by atoms with van der Waals surface area (Å²) < 4.78 is 25.0. The number of thiazole rings is 1. The molecule has 0 saturated carbocycles. The summed E-state index contributed by atoms with van der Waals surface area (Å²) in [6.45, 7) is 10.4. The molecule has 47 heavy (non-hydrogen) atoms. The van der Waals surface area contributed by atoms with Gasteiger partial charge in [0.2, 0.25) is 0 Å². The first kappa shape index (κ1) is 33.8. The fourth-order valence-electron chi connectivity index (χ4n) is 5.97. The third-order valence-corrected chi connectivity index (χ3v) is 9.39. The molecule has 0 aliphatic carbocycles. The maximum absolute atomic E-state index is 14.3. The third-order valence-electron chi connectivity index (χ3n) is 8.41. The van der Waals surface area contributed by atoms with Gasteiger partial charge in [-0.2, -0.15) is 0 Å². The van der Waals surface area contributed by atoms with E-state index in [-0.39, 0.29) is 24.0 Å². The Hall–Kier alpha value is -4.58. The Morgan fingerprint density at radius 1 is 0.979 bits per heavy atom. The van der Waals surface area contributed by atoms with Crippen molar-refractivity contribution in [2.75, 3.05) is 53.6 Å². The number of aromatic nitrogens is 1. The number of fused-ring (bicyclic) bond motifs is 1. The van der Waals surface area contributed by atoms with Crippen molar-refractivity contribution < 1.29 is 28.5 Å². The maximum Gasteiger partial charge on any atom is 0.271 e. The summed E-state index contributed by atoms with van der Waals surface area (Å²) in [5.74, 6) is 1.78. The summed E-state index contributed by atoms with van der Waals surface area (Å²) in [6, 6.07) is 9.92. The molecule has 1 atom stereocenters. The molecule has 2 aliphatic rings. The van der Waals surface area contributed by atoms with Gasteiger partial charge in [-0.15, -0.1) is 0 Å². The zero-order valence-corrected chi connectivity index (χ0v) is 28.6. The minimum atomic E-state index is -0.797. The van der Waals surface area contributed by atoms with Gasteiger partial charge in [0.15, 0.2) is 22.9 Å². The molecule has 2 aromatic carbocycles. The summed E-state index contributed by atoms with van der Waals surface area (Å²) in [4.78, 5) is 49.6. The second-order valence-electron chi connectivity index (χ2n) is 11.2. The van der Waals surface area contributed by atoms with E-state index in [1.807, 2.05) is 31.7 Å². The van der Waals surface area contributed by atoms with E-state index in [1.54, 1.807) is 67.0 Å². The van der Waals surface area contributed by atoms with Gasteiger partial charge >= 0.3 is 0 Å². The van der Waals surface area contributed by atoms with Crippen molar-refractivity contribution in [1.82, 2.24) is 14.4 Å². The van der Waals surface area contributed by atoms with Crippen molar-refractivity contribution in [3.63, 3.8) is 0 Å². The van der Waals surface area contributed by atoms with Crippen molar-refractivity contribution in [2.45, 2.75) is 46.6 Å². The first-order valence-corrected chi connectivity index (χ1v) is 16.8. The van der Waals surface area contributed by atoms with Crippen molar-refractivity contribution in [3.05, 3.63) is 78.5 Å². The number of likely N-dealkylation sites (N-methyl/N-ethyl adjacent to an activating group) is 1. The monoisotopic (exact) mass is 662 g/mol. The number of amides is 2. The molecule has 0 unspecified atom stereocenters. The number of likely N-dealkylation sites (tertiary alicyclic amines) is 1. The molecular formula is C35H42N4O7S. The lowest BCUT2D eigenvalue weighted by molar-refractivity contribution is -0.132. The molecule has 0 radical (unpaired) electrons. The van der Waals surface area contributed by atoms with Crippen LogP contribution in [0.2, 0.25) is 0 Å². The summed E-state index contributed by atoms with van der Waals surface area (Å²) >= 11 is 1.24. The van der Waals surface area contributed by atoms with Crippen molar-refractivity contribution in [3.8, 4) is 23.0 Å². The summed E-state index contributed by atoms with van der Waals surface area (Å²) in [5.41, 5.74) is 1.97. The number of hydrogen-bond acceptors (Lipinski definition) is 9. The van der Waals surface area contributed by atoms with Gasteiger partial charge < -0.3 is 28.7 Å². The predicted octanol–water partition coefficient (Wildman–Crippen LogP) is 3.52. The second-order valence-corrected chi connectivity index (χ2v) is 12.2. The predicted molar refractivity (Wildman–Crippen MR) is 180 cm³/mol. The molecular weight excluding hydrogens is 620 g/mol. The Labute approximate surface area is 278 Å². The van der Waals surface area contributed by atoms with E-state index in [4.69, 9.17) is 23.9 Å². The minimum Gasteiger partial charge on any atom is -0.497 e. The second kappa shape index (κ2) is 14.9. The number of nitrogens with zero attached hydrogens (tertiary/aromatic N) is 4. The van der Waals surface area contributed by atoms with Gasteiger partial charge in [-0.05, 0) is 82.5 Å². The molecule has 3 heterocycles. The van der Waals surface area contributed by atoms with E-state index in [0.717, 1.165) is 25.9 Å². The van der Waals surface area contributed by atoms with Crippen LogP contribution in [0.1, 0.15) is 57.7 Å². The minimum absolute atomic E-state index is 0.0495. The molecule has 0 N–H and O–H groups in total. The van der Waals surface area contributed by atoms with Crippen molar-refractivity contribution in [2.24, 2.45) is 4.99 Å². The van der Waals surface area contributed by atoms with Crippen molar-refractivity contribution >= 4 is 29.2 Å². The number of allylic oxidation sites excluding steroid dienone is 1. The fraction of sp³-hybridized carbons (Fsp3) is 0.429. The van der Waals surface area contributed by atoms with E-state index < -0.39 is 6.04 Å². The molecule has 2 amide bonds. The Balaban J connectivity index is 1.59. The highest BCUT2D eigenvalue weighted by Gasteiger charge is 2.36. The van der Waals surface area contributed by atoms with Crippen LogP contribution in [0.15, 0.2) is 57.5 Å². The summed E-state index contributed by atoms with van der Waals surface area (Å²) in [6.07, 6.45) is 3.80. The van der Waals surface area contributed by atoms with Crippen LogP contribution >= 0.6 is 11.3 Å². The molecule has 3 aromatic rings. The van der Waals surface area contributed by atoms with E-state index in [1.165, 1.54) is 11.3 Å². The number of methoxy groups -OCH3 is 2. The van der Waals surface area contributed by atoms with E-state index in [2.05, 4.69) is 0 Å². The Kier molecular flexibility index (Phi) is 10.7. The molecule has 11 nitrogen and oxygen atoms in total. The number of hydrogen-bond donors (Lipinski definition) is 0. The SMILES string of the molecule is CCOc1cc(/C=c2\sc3n(c2=O)[C@@H](c2cc(OC)ccc2OC)C(C(=O)N(CC)CC)=C(C)N=3)ccc1OCC(=O)N1CCCC1. The number of carbonyl (C=O) groups is 2. The topological polar surface area (TPSA) is 112 Å². The van der Waals surface area contributed by atoms with Crippen LogP contribution in [-0.2, 0) is 9.59 Å². The maximum atomic E-state index is 14.3. The highest BCUT2D eigenvalue weighted by Crippen LogP contribution is 2.38. The third kappa shape index (κ3) is 6.92. The van der Waals surface area contributed by atoms with Crippen LogP contribution in [0.5, 0.6) is 23.0 Å². The number of benzene rings is 2. The molecule has 12 heteroatoms. The number of carbonyl (C=O) groups excluding carboxylic acids is 2. The zero-order chi connectivity index (χ0) is 33.7. The van der Waals surface area contributed by atoms with Crippen LogP contribution in [0, 0.1) is 0 Å². The first-order chi connectivity index (χ1) is 22.7. The van der Waals surface area contributed by atoms with Crippen LogP contribution < -0.4 is 33.8 Å². The van der Waals surface area contributed by atoms with Gasteiger partial charge in [0, 0.05) is 31.7 Å². The van der Waals surface area contributed by atoms with Crippen LogP contribution in [0.3, 0.4) is 0 Å². The average Bonchev–Trinajstić information content (AvgIpc) is 3.72. The smallest absolute Gasteiger partial charge is 0.271 e. The Morgan fingerprint density at radius 2 is 1.70 bits per heavy atom. The van der Waals surface area contributed by atoms with Crippen LogP contribution in [0.4, 0.5) is 0 Å². The van der Waals surface area contributed by atoms with Crippen molar-refractivity contribution in [1.29, 1.82) is 0 Å². The first-order valence-electron chi connectivity index (χ1n) is 16.0. The van der Waals surface area contributed by atoms with Gasteiger partial charge in [0.05, 0.1) is 36.6 Å². The summed E-state index contributed by atoms with van der Waals surface area (Å²) in [7, 11) is 3.13. The van der Waals surface area contributed by atoms with Crippen LogP contribution in [0.25, 0.3) is 6.08 Å². The molecule has 0 bridgehead atoms. The molecule has 0 spiro atoms. The summed E-state index contributed by atoms with van der Waals surface area (Å²) in [5, 5.41) is 0. The Morgan fingerprint density at radius 3 is 2.36 bits per heavy atom. The molecule has 1 saturated heterocycles. The fourth-order valence-corrected chi connectivity index (χ4v) is 7.02. The van der Waals surface area contributed by atoms with Gasteiger partial charge in [0.25, 0.3) is 17.4 Å². The highest BCUT2D eigenvalue weighted by atomic mass is 32.1. The molecule has 5 rings (SSSR count). The molecule has 1 aromatic heterocycles. The lowest BCUT2D eigenvalue weighted by atomic mass is 9.93. The number of rotatable bonds is 12. The Bertz CT molecular complexity index is 1850. The van der Waals surface area contributed by atoms with Gasteiger partial charge in [-0.25, -0.2) is 4.99 Å². The molecule has 1 fully saturated rings. The largest absolute Gasteiger partial charge is 0.497 e. The standard InChI is InChI=1S/C35H42N4O7S/c1-7-37(8-2)34(42)31-22(4)36-35-39(32(31)25-20-24(43-5)13-15-26(25)44-6)33(41)29(47-35)19-23-12-14-27(28(18-23)45-9-3)46-21-30(40)38-16-10-11-17-38/h12-15,18-20,32H,7-11,16-17,21H2,1-6H3/b29-19-/t32-/m0/s1. The normalized spacial score (nSPS) is 16.1. The highest BCUT2D eigenvalue weighted by molar-refractivity contribution is 7.07. The van der Waals surface area contributed by atoms with E-state index in [0.29, 0.717) is 74.4 Å².